The molecule has 7 heteroatoms. The summed E-state index contributed by atoms with van der Waals surface area (Å²) < 4.78 is 0. The van der Waals surface area contributed by atoms with E-state index in [0.717, 1.165) is 0 Å². The lowest BCUT2D eigenvalue weighted by Crippen LogP contribution is -2.41. The number of hydrogen-bond acceptors (Lipinski definition) is 5. The zero-order valence-corrected chi connectivity index (χ0v) is 10.5. The van der Waals surface area contributed by atoms with Crippen molar-refractivity contribution in [3.63, 3.8) is 0 Å². The molecule has 1 saturated heterocycles. The Labute approximate surface area is 110 Å². The van der Waals surface area contributed by atoms with E-state index in [4.69, 9.17) is 5.73 Å². The van der Waals surface area contributed by atoms with E-state index in [2.05, 4.69) is 15.0 Å². The lowest BCUT2D eigenvalue weighted by Gasteiger charge is -2.24. The van der Waals surface area contributed by atoms with Crippen molar-refractivity contribution in [3.05, 3.63) is 18.7 Å². The Morgan fingerprint density at radius 2 is 1.89 bits per heavy atom. The Morgan fingerprint density at radius 3 is 2.53 bits per heavy atom. The second-order valence-electron chi connectivity index (χ2n) is 4.24. The maximum absolute atomic E-state index is 11.6. The number of carbonyl (C=O) groups excluding carboxylic acids is 2. The van der Waals surface area contributed by atoms with Crippen molar-refractivity contribution in [1.29, 1.82) is 0 Å². The molecule has 0 spiro atoms. The molecule has 2 rings (SSSR count). The van der Waals surface area contributed by atoms with Crippen LogP contribution in [-0.4, -0.2) is 39.1 Å². The first-order valence-electron chi connectivity index (χ1n) is 6.08. The molecule has 1 aliphatic rings. The highest BCUT2D eigenvalue weighted by Crippen LogP contribution is 2.13. The molecule has 100 valence electrons. The molecule has 19 heavy (non-hydrogen) atoms. The first kappa shape index (κ1) is 13.1. The fraction of sp³-hybridized carbons (Fsp3) is 0.417. The largest absolute Gasteiger partial charge is 0.387 e. The van der Waals surface area contributed by atoms with Crippen LogP contribution in [0.15, 0.2) is 23.7 Å². The standard InChI is InChI=1S/C12H15N5O2/c13-10(16-9-6-14-8-15-7-9)4-5-17-11(18)2-1-3-12(17)19/h6-8H,1-5H2,(H2,13,16). The molecule has 1 fully saturated rings. The highest BCUT2D eigenvalue weighted by atomic mass is 16.2. The monoisotopic (exact) mass is 261 g/mol. The van der Waals surface area contributed by atoms with Crippen LogP contribution in [0.2, 0.25) is 0 Å². The van der Waals surface area contributed by atoms with E-state index in [1.165, 1.54) is 23.6 Å². The zero-order valence-electron chi connectivity index (χ0n) is 10.5. The van der Waals surface area contributed by atoms with E-state index in [0.29, 0.717) is 37.2 Å². The van der Waals surface area contributed by atoms with Crippen LogP contribution >= 0.6 is 0 Å². The number of aliphatic imine (C=N–C) groups is 1. The van der Waals surface area contributed by atoms with E-state index in [1.54, 1.807) is 0 Å². The molecular formula is C12H15N5O2. The second-order valence-corrected chi connectivity index (χ2v) is 4.24. The summed E-state index contributed by atoms with van der Waals surface area (Å²) in [6.45, 7) is 0.278. The van der Waals surface area contributed by atoms with Gasteiger partial charge in [0.25, 0.3) is 0 Å². The topological polar surface area (TPSA) is 102 Å². The minimum Gasteiger partial charge on any atom is -0.387 e. The summed E-state index contributed by atoms with van der Waals surface area (Å²) >= 11 is 0. The molecule has 0 radical (unpaired) electrons. The predicted molar refractivity (Wildman–Crippen MR) is 68.5 cm³/mol. The van der Waals surface area contributed by atoms with Crippen molar-refractivity contribution in [1.82, 2.24) is 14.9 Å². The Kier molecular flexibility index (Phi) is 4.17. The van der Waals surface area contributed by atoms with Crippen molar-refractivity contribution in [2.45, 2.75) is 25.7 Å². The van der Waals surface area contributed by atoms with Crippen molar-refractivity contribution in [3.8, 4) is 0 Å². The average molecular weight is 261 g/mol. The van der Waals surface area contributed by atoms with Crippen molar-refractivity contribution < 1.29 is 9.59 Å². The summed E-state index contributed by atoms with van der Waals surface area (Å²) in [5.41, 5.74) is 6.31. The van der Waals surface area contributed by atoms with E-state index in [1.807, 2.05) is 0 Å². The summed E-state index contributed by atoms with van der Waals surface area (Å²) in [5, 5.41) is 0. The highest BCUT2D eigenvalue weighted by molar-refractivity contribution is 5.98. The van der Waals surface area contributed by atoms with Gasteiger partial charge in [-0.1, -0.05) is 0 Å². The van der Waals surface area contributed by atoms with E-state index in [9.17, 15) is 9.59 Å². The molecule has 2 N–H and O–H groups in total. The number of piperidine rings is 1. The number of amidine groups is 1. The van der Waals surface area contributed by atoms with Gasteiger partial charge in [-0.05, 0) is 6.42 Å². The van der Waals surface area contributed by atoms with Gasteiger partial charge in [-0.2, -0.15) is 0 Å². The Morgan fingerprint density at radius 1 is 1.26 bits per heavy atom. The van der Waals surface area contributed by atoms with Gasteiger partial charge in [0.1, 0.15) is 17.9 Å². The highest BCUT2D eigenvalue weighted by Gasteiger charge is 2.25. The van der Waals surface area contributed by atoms with Gasteiger partial charge in [0.15, 0.2) is 0 Å². The van der Waals surface area contributed by atoms with Crippen molar-refractivity contribution >= 4 is 23.3 Å². The molecule has 2 amide bonds. The van der Waals surface area contributed by atoms with E-state index >= 15 is 0 Å². The van der Waals surface area contributed by atoms with Crippen LogP contribution in [0.4, 0.5) is 5.69 Å². The molecule has 1 aliphatic heterocycles. The smallest absolute Gasteiger partial charge is 0.229 e. The van der Waals surface area contributed by atoms with Crippen LogP contribution in [0, 0.1) is 0 Å². The molecule has 1 aromatic rings. The third kappa shape index (κ3) is 3.57. The molecule has 0 saturated carbocycles. The summed E-state index contributed by atoms with van der Waals surface area (Å²) in [5.74, 6) is 0.0835. The number of carbonyl (C=O) groups is 2. The third-order valence-corrected chi connectivity index (χ3v) is 2.79. The maximum atomic E-state index is 11.6. The molecule has 0 bridgehead atoms. The van der Waals surface area contributed by atoms with Crippen LogP contribution < -0.4 is 5.73 Å². The van der Waals surface area contributed by atoms with Crippen molar-refractivity contribution in [2.24, 2.45) is 10.7 Å². The minimum absolute atomic E-state index is 0.132. The van der Waals surface area contributed by atoms with Gasteiger partial charge in [0, 0.05) is 25.8 Å². The molecule has 0 unspecified atom stereocenters. The maximum Gasteiger partial charge on any atom is 0.229 e. The van der Waals surface area contributed by atoms with Crippen molar-refractivity contribution in [2.75, 3.05) is 6.54 Å². The second kappa shape index (κ2) is 6.03. The fourth-order valence-electron chi connectivity index (χ4n) is 1.85. The minimum atomic E-state index is -0.132. The first-order chi connectivity index (χ1) is 9.16. The van der Waals surface area contributed by atoms with E-state index < -0.39 is 0 Å². The average Bonchev–Trinajstić information content (AvgIpc) is 2.39. The number of nitrogens with zero attached hydrogens (tertiary/aromatic N) is 4. The van der Waals surface area contributed by atoms with Gasteiger partial charge in [0.2, 0.25) is 11.8 Å². The fourth-order valence-corrected chi connectivity index (χ4v) is 1.85. The first-order valence-corrected chi connectivity index (χ1v) is 6.08. The summed E-state index contributed by atoms with van der Waals surface area (Å²) in [6, 6.07) is 0. The Bertz CT molecular complexity index is 484. The molecule has 0 aliphatic carbocycles. The number of imide groups is 1. The zero-order chi connectivity index (χ0) is 13.7. The molecule has 0 atom stereocenters. The summed E-state index contributed by atoms with van der Waals surface area (Å²) in [4.78, 5) is 36.2. The number of nitrogens with two attached hydrogens (primary N) is 1. The summed E-state index contributed by atoms with van der Waals surface area (Å²) in [7, 11) is 0. The number of aromatic nitrogens is 2. The van der Waals surface area contributed by atoms with Crippen LogP contribution in [0.1, 0.15) is 25.7 Å². The molecule has 0 aromatic carbocycles. The molecule has 1 aromatic heterocycles. The van der Waals surface area contributed by atoms with Gasteiger partial charge >= 0.3 is 0 Å². The molecule has 7 nitrogen and oxygen atoms in total. The third-order valence-electron chi connectivity index (χ3n) is 2.79. The van der Waals surface area contributed by atoms with Crippen LogP contribution in [0.3, 0.4) is 0 Å². The van der Waals surface area contributed by atoms with Gasteiger partial charge in [-0.15, -0.1) is 0 Å². The molecular weight excluding hydrogens is 246 g/mol. The molecule has 2 heterocycles. The van der Waals surface area contributed by atoms with Gasteiger partial charge < -0.3 is 5.73 Å². The number of likely N-dealkylation sites (tertiary alicyclic amines) is 1. The lowest BCUT2D eigenvalue weighted by atomic mass is 10.1. The van der Waals surface area contributed by atoms with Crippen LogP contribution in [-0.2, 0) is 9.59 Å². The van der Waals surface area contributed by atoms with Crippen LogP contribution in [0.25, 0.3) is 0 Å². The lowest BCUT2D eigenvalue weighted by molar-refractivity contribution is -0.147. The SMILES string of the molecule is N/C(CCN1C(=O)CCCC1=O)=N\c1cncnc1. The summed E-state index contributed by atoms with van der Waals surface area (Å²) in [6.07, 6.45) is 6.32. The van der Waals surface area contributed by atoms with Crippen LogP contribution in [0.5, 0.6) is 0 Å². The number of amides is 2. The number of rotatable bonds is 4. The van der Waals surface area contributed by atoms with E-state index in [-0.39, 0.29) is 18.4 Å². The quantitative estimate of drug-likeness (QED) is 0.480. The normalized spacial score (nSPS) is 16.8. The predicted octanol–water partition coefficient (Wildman–Crippen LogP) is 0.394. The number of hydrogen-bond donors (Lipinski definition) is 1. The van der Waals surface area contributed by atoms with Gasteiger partial charge in [-0.3, -0.25) is 14.5 Å². The van der Waals surface area contributed by atoms with Gasteiger partial charge in [-0.25, -0.2) is 15.0 Å². The Balaban J connectivity index is 1.93. The van der Waals surface area contributed by atoms with Gasteiger partial charge in [0.05, 0.1) is 12.4 Å². The Hall–Kier alpha value is -2.31.